The summed E-state index contributed by atoms with van der Waals surface area (Å²) >= 11 is 2.10. The number of rotatable bonds is 5. The summed E-state index contributed by atoms with van der Waals surface area (Å²) in [5, 5.41) is 0. The van der Waals surface area contributed by atoms with Gasteiger partial charge in [0.25, 0.3) is 0 Å². The van der Waals surface area contributed by atoms with Gasteiger partial charge in [-0.3, -0.25) is 4.79 Å². The van der Waals surface area contributed by atoms with Gasteiger partial charge >= 0.3 is 5.97 Å². The van der Waals surface area contributed by atoms with E-state index in [9.17, 15) is 9.59 Å². The molecule has 0 saturated heterocycles. The minimum Gasteiger partial charge on any atom is -0.489 e. The van der Waals surface area contributed by atoms with E-state index in [0.717, 1.165) is 9.13 Å². The van der Waals surface area contributed by atoms with Crippen molar-refractivity contribution in [1.29, 1.82) is 0 Å². The van der Waals surface area contributed by atoms with Gasteiger partial charge in [0, 0.05) is 14.7 Å². The zero-order chi connectivity index (χ0) is 16.1. The third-order valence-electron chi connectivity index (χ3n) is 3.14. The highest BCUT2D eigenvalue weighted by Crippen LogP contribution is 2.22. The summed E-state index contributed by atoms with van der Waals surface area (Å²) in [5.41, 5.74) is 1.91. The smallest absolute Gasteiger partial charge is 0.338 e. The van der Waals surface area contributed by atoms with E-state index < -0.39 is 0 Å². The monoisotopic (exact) mass is 410 g/mol. The van der Waals surface area contributed by atoms with Crippen LogP contribution in [0.5, 0.6) is 5.75 Å². The molecule has 22 heavy (non-hydrogen) atoms. The van der Waals surface area contributed by atoms with Crippen molar-refractivity contribution in [3.63, 3.8) is 0 Å². The fraction of sp³-hybridized carbons (Fsp3) is 0.176. The molecule has 0 aromatic heterocycles. The Morgan fingerprint density at radius 2 is 1.82 bits per heavy atom. The lowest BCUT2D eigenvalue weighted by molar-refractivity contribution is 0.0597. The van der Waals surface area contributed by atoms with Crippen molar-refractivity contribution in [2.24, 2.45) is 0 Å². The molecule has 0 heterocycles. The van der Waals surface area contributed by atoms with Crippen LogP contribution in [0.3, 0.4) is 0 Å². The van der Waals surface area contributed by atoms with Gasteiger partial charge in [0.15, 0.2) is 5.78 Å². The summed E-state index contributed by atoms with van der Waals surface area (Å²) < 4.78 is 11.3. The Hall–Kier alpha value is -1.89. The standard InChI is InChI=1S/C17H15IO4/c1-11(19)14-8-7-13(9-16(14)18)22-10-12-5-3-4-6-15(12)17(20)21-2/h3-9H,10H2,1-2H3. The van der Waals surface area contributed by atoms with Crippen molar-refractivity contribution in [2.75, 3.05) is 7.11 Å². The maximum Gasteiger partial charge on any atom is 0.338 e. The first-order chi connectivity index (χ1) is 10.5. The molecule has 0 fully saturated rings. The van der Waals surface area contributed by atoms with Crippen molar-refractivity contribution in [1.82, 2.24) is 0 Å². The van der Waals surface area contributed by atoms with Gasteiger partial charge in [0.1, 0.15) is 12.4 Å². The lowest BCUT2D eigenvalue weighted by Crippen LogP contribution is -2.08. The fourth-order valence-electron chi connectivity index (χ4n) is 1.99. The Balaban J connectivity index is 2.16. The normalized spacial score (nSPS) is 10.1. The van der Waals surface area contributed by atoms with E-state index in [-0.39, 0.29) is 18.4 Å². The van der Waals surface area contributed by atoms with Crippen molar-refractivity contribution < 1.29 is 19.1 Å². The van der Waals surface area contributed by atoms with Gasteiger partial charge in [-0.25, -0.2) is 4.79 Å². The van der Waals surface area contributed by atoms with Gasteiger partial charge in [0.05, 0.1) is 12.7 Å². The first-order valence-corrected chi connectivity index (χ1v) is 7.70. The molecule has 0 spiro atoms. The number of ketones is 1. The second-order valence-corrected chi connectivity index (χ2v) is 5.80. The Morgan fingerprint density at radius 3 is 2.45 bits per heavy atom. The van der Waals surface area contributed by atoms with Crippen molar-refractivity contribution in [3.8, 4) is 5.75 Å². The highest BCUT2D eigenvalue weighted by molar-refractivity contribution is 14.1. The molecule has 114 valence electrons. The van der Waals surface area contributed by atoms with E-state index in [0.29, 0.717) is 16.9 Å². The molecule has 0 aliphatic heterocycles. The van der Waals surface area contributed by atoms with E-state index in [1.54, 1.807) is 30.3 Å². The molecule has 0 bridgehead atoms. The van der Waals surface area contributed by atoms with Gasteiger partial charge in [-0.1, -0.05) is 18.2 Å². The number of halogens is 1. The molecule has 0 aliphatic rings. The third-order valence-corrected chi connectivity index (χ3v) is 4.03. The van der Waals surface area contributed by atoms with Crippen LogP contribution in [-0.2, 0) is 11.3 Å². The third kappa shape index (κ3) is 3.85. The molecule has 4 nitrogen and oxygen atoms in total. The van der Waals surface area contributed by atoms with Crippen LogP contribution in [0.15, 0.2) is 42.5 Å². The van der Waals surface area contributed by atoms with Crippen LogP contribution in [0.2, 0.25) is 0 Å². The SMILES string of the molecule is COC(=O)c1ccccc1COc1ccc(C(C)=O)c(I)c1. The van der Waals surface area contributed by atoms with Crippen LogP contribution in [0, 0.1) is 3.57 Å². The molecule has 5 heteroatoms. The predicted molar refractivity (Wildman–Crippen MR) is 91.3 cm³/mol. The molecule has 0 aliphatic carbocycles. The number of hydrogen-bond donors (Lipinski definition) is 0. The molecule has 0 amide bonds. The van der Waals surface area contributed by atoms with Gasteiger partial charge in [0.2, 0.25) is 0 Å². The first-order valence-electron chi connectivity index (χ1n) is 6.62. The molecule has 0 atom stereocenters. The summed E-state index contributed by atoms with van der Waals surface area (Å²) in [7, 11) is 1.35. The molecule has 0 radical (unpaired) electrons. The van der Waals surface area contributed by atoms with Crippen LogP contribution < -0.4 is 4.74 Å². The quantitative estimate of drug-likeness (QED) is 0.427. The summed E-state index contributed by atoms with van der Waals surface area (Å²) in [5.74, 6) is 0.279. The number of carbonyl (C=O) groups is 2. The van der Waals surface area contributed by atoms with Crippen LogP contribution in [0.1, 0.15) is 33.2 Å². The Kier molecular flexibility index (Phi) is 5.54. The molecule has 0 N–H and O–H groups in total. The molecule has 0 unspecified atom stereocenters. The second kappa shape index (κ2) is 7.40. The first kappa shape index (κ1) is 16.5. The average molecular weight is 410 g/mol. The van der Waals surface area contributed by atoms with Gasteiger partial charge in [-0.05, 0) is 53.8 Å². The number of carbonyl (C=O) groups excluding carboxylic acids is 2. The molecule has 0 saturated carbocycles. The number of benzene rings is 2. The van der Waals surface area contributed by atoms with E-state index in [1.165, 1.54) is 14.0 Å². The molecule has 2 aromatic carbocycles. The summed E-state index contributed by atoms with van der Waals surface area (Å²) in [6.07, 6.45) is 0. The van der Waals surface area contributed by atoms with Crippen LogP contribution in [-0.4, -0.2) is 18.9 Å². The number of ether oxygens (including phenoxy) is 2. The van der Waals surface area contributed by atoms with Gasteiger partial charge in [-0.2, -0.15) is 0 Å². The zero-order valence-corrected chi connectivity index (χ0v) is 14.4. The van der Waals surface area contributed by atoms with E-state index >= 15 is 0 Å². The number of esters is 1. The summed E-state index contributed by atoms with van der Waals surface area (Å²) in [6.45, 7) is 1.78. The van der Waals surface area contributed by atoms with Crippen molar-refractivity contribution >= 4 is 34.3 Å². The average Bonchev–Trinajstić information content (AvgIpc) is 2.52. The Labute approximate surface area is 142 Å². The second-order valence-electron chi connectivity index (χ2n) is 4.64. The van der Waals surface area contributed by atoms with Crippen molar-refractivity contribution in [3.05, 3.63) is 62.7 Å². The van der Waals surface area contributed by atoms with E-state index in [1.807, 2.05) is 12.1 Å². The van der Waals surface area contributed by atoms with Crippen LogP contribution >= 0.6 is 22.6 Å². The van der Waals surface area contributed by atoms with Crippen LogP contribution in [0.25, 0.3) is 0 Å². The maximum absolute atomic E-state index is 11.7. The number of Topliss-reactive ketones (excluding diaryl/α,β-unsaturated/α-hetero) is 1. The largest absolute Gasteiger partial charge is 0.489 e. The minimum absolute atomic E-state index is 0.0204. The maximum atomic E-state index is 11.7. The number of methoxy groups -OCH3 is 1. The van der Waals surface area contributed by atoms with Gasteiger partial charge < -0.3 is 9.47 Å². The number of hydrogen-bond acceptors (Lipinski definition) is 4. The van der Waals surface area contributed by atoms with E-state index in [4.69, 9.17) is 9.47 Å². The predicted octanol–water partition coefficient (Wildman–Crippen LogP) is 3.86. The van der Waals surface area contributed by atoms with Crippen LogP contribution in [0.4, 0.5) is 0 Å². The lowest BCUT2D eigenvalue weighted by atomic mass is 10.1. The molecule has 2 aromatic rings. The highest BCUT2D eigenvalue weighted by Gasteiger charge is 2.12. The summed E-state index contributed by atoms with van der Waals surface area (Å²) in [6, 6.07) is 12.4. The lowest BCUT2D eigenvalue weighted by Gasteiger charge is -2.11. The topological polar surface area (TPSA) is 52.6 Å². The minimum atomic E-state index is -0.388. The fourth-order valence-corrected chi connectivity index (χ4v) is 2.85. The molecule has 2 rings (SSSR count). The van der Waals surface area contributed by atoms with E-state index in [2.05, 4.69) is 22.6 Å². The molecular formula is C17H15IO4. The Morgan fingerprint density at radius 1 is 1.09 bits per heavy atom. The molecular weight excluding hydrogens is 395 g/mol. The Bertz CT molecular complexity index is 710. The van der Waals surface area contributed by atoms with Crippen molar-refractivity contribution in [2.45, 2.75) is 13.5 Å². The summed E-state index contributed by atoms with van der Waals surface area (Å²) in [4.78, 5) is 23.1. The highest BCUT2D eigenvalue weighted by atomic mass is 127. The van der Waals surface area contributed by atoms with Gasteiger partial charge in [-0.15, -0.1) is 0 Å². The zero-order valence-electron chi connectivity index (χ0n) is 12.3.